The maximum absolute atomic E-state index is 11.3. The second-order valence-electron chi connectivity index (χ2n) is 2.71. The zero-order valence-electron chi connectivity index (χ0n) is 6.64. The molecule has 0 radical (unpaired) electrons. The quantitative estimate of drug-likeness (QED) is 0.718. The fourth-order valence-electron chi connectivity index (χ4n) is 1.24. The Morgan fingerprint density at radius 2 is 1.86 bits per heavy atom. The van der Waals surface area contributed by atoms with Crippen LogP contribution >= 0.6 is 34.8 Å². The van der Waals surface area contributed by atoms with Gasteiger partial charge in [-0.1, -0.05) is 34.8 Å². The number of hydrogen-bond donors (Lipinski definition) is 1. The van der Waals surface area contributed by atoms with Crippen LogP contribution in [0.4, 0.5) is 0 Å². The first-order valence-electron chi connectivity index (χ1n) is 3.58. The molecular formula is C8H3Cl3N2O. The molecule has 0 atom stereocenters. The molecule has 0 spiro atoms. The van der Waals surface area contributed by atoms with Gasteiger partial charge < -0.3 is 5.73 Å². The molecule has 1 aliphatic rings. The van der Waals surface area contributed by atoms with Gasteiger partial charge in [0.2, 0.25) is 0 Å². The Balaban J connectivity index is 2.83. The van der Waals surface area contributed by atoms with E-state index in [0.717, 1.165) is 0 Å². The van der Waals surface area contributed by atoms with E-state index in [-0.39, 0.29) is 20.9 Å². The van der Waals surface area contributed by atoms with E-state index in [0.29, 0.717) is 11.1 Å². The number of halogens is 3. The molecule has 0 saturated heterocycles. The van der Waals surface area contributed by atoms with Crippen molar-refractivity contribution in [2.45, 2.75) is 0 Å². The van der Waals surface area contributed by atoms with Crippen LogP contribution in [0.3, 0.4) is 0 Å². The van der Waals surface area contributed by atoms with Crippen molar-refractivity contribution in [1.29, 1.82) is 0 Å². The largest absolute Gasteiger partial charge is 0.383 e. The van der Waals surface area contributed by atoms with Gasteiger partial charge in [0.25, 0.3) is 5.91 Å². The molecule has 1 amide bonds. The van der Waals surface area contributed by atoms with E-state index < -0.39 is 5.91 Å². The lowest BCUT2D eigenvalue weighted by atomic mass is 10.1. The lowest BCUT2D eigenvalue weighted by Crippen LogP contribution is -2.11. The Labute approximate surface area is 94.5 Å². The minimum absolute atomic E-state index is 0.0774. The van der Waals surface area contributed by atoms with Crippen LogP contribution in [0.15, 0.2) is 11.1 Å². The number of benzene rings is 1. The highest BCUT2D eigenvalue weighted by Gasteiger charge is 2.26. The molecule has 6 heteroatoms. The third-order valence-corrected chi connectivity index (χ3v) is 3.13. The SMILES string of the molecule is NC1=NC(=O)c2cc(Cl)c(Cl)c(Cl)c21. The van der Waals surface area contributed by atoms with Gasteiger partial charge in [-0.05, 0) is 6.07 Å². The van der Waals surface area contributed by atoms with Crippen LogP contribution < -0.4 is 5.73 Å². The summed E-state index contributed by atoms with van der Waals surface area (Å²) in [5, 5.41) is 0.565. The minimum Gasteiger partial charge on any atom is -0.383 e. The number of rotatable bonds is 0. The van der Waals surface area contributed by atoms with E-state index in [1.807, 2.05) is 0 Å². The summed E-state index contributed by atoms with van der Waals surface area (Å²) in [4.78, 5) is 14.8. The smallest absolute Gasteiger partial charge is 0.279 e. The van der Waals surface area contributed by atoms with Crippen molar-refractivity contribution >= 4 is 46.5 Å². The molecule has 0 fully saturated rings. The van der Waals surface area contributed by atoms with Gasteiger partial charge in [-0.3, -0.25) is 4.79 Å². The van der Waals surface area contributed by atoms with Crippen LogP contribution in [-0.4, -0.2) is 11.7 Å². The van der Waals surface area contributed by atoms with Crippen LogP contribution in [0.1, 0.15) is 15.9 Å². The summed E-state index contributed by atoms with van der Waals surface area (Å²) in [7, 11) is 0. The van der Waals surface area contributed by atoms with Gasteiger partial charge in [0, 0.05) is 5.56 Å². The maximum atomic E-state index is 11.3. The van der Waals surface area contributed by atoms with Gasteiger partial charge in [0.15, 0.2) is 0 Å². The molecular weight excluding hydrogens is 246 g/mol. The molecule has 14 heavy (non-hydrogen) atoms. The summed E-state index contributed by atoms with van der Waals surface area (Å²) in [6.45, 7) is 0. The first-order valence-corrected chi connectivity index (χ1v) is 4.72. The van der Waals surface area contributed by atoms with Crippen molar-refractivity contribution in [1.82, 2.24) is 0 Å². The van der Waals surface area contributed by atoms with Gasteiger partial charge in [-0.25, -0.2) is 0 Å². The third-order valence-electron chi connectivity index (χ3n) is 1.87. The van der Waals surface area contributed by atoms with Crippen molar-refractivity contribution in [3.8, 4) is 0 Å². The lowest BCUT2D eigenvalue weighted by Gasteiger charge is -2.04. The zero-order valence-corrected chi connectivity index (χ0v) is 8.91. The van der Waals surface area contributed by atoms with Gasteiger partial charge in [0.05, 0.1) is 20.6 Å². The molecule has 0 aliphatic carbocycles. The van der Waals surface area contributed by atoms with Crippen LogP contribution in [0.25, 0.3) is 0 Å². The summed E-state index contributed by atoms with van der Waals surface area (Å²) in [5.74, 6) is -0.369. The average Bonchev–Trinajstić information content (AvgIpc) is 2.38. The van der Waals surface area contributed by atoms with Crippen molar-refractivity contribution in [3.63, 3.8) is 0 Å². The number of aliphatic imine (C=N–C) groups is 1. The summed E-state index contributed by atoms with van der Waals surface area (Å²) >= 11 is 17.4. The van der Waals surface area contributed by atoms with Gasteiger partial charge in [-0.15, -0.1) is 0 Å². The Hall–Kier alpha value is -0.770. The van der Waals surface area contributed by atoms with Gasteiger partial charge in [0.1, 0.15) is 5.84 Å². The number of nitrogens with two attached hydrogens (primary N) is 1. The number of amidine groups is 1. The molecule has 0 aromatic heterocycles. The average molecular weight is 249 g/mol. The van der Waals surface area contributed by atoms with E-state index in [1.54, 1.807) is 0 Å². The normalized spacial score (nSPS) is 14.2. The Morgan fingerprint density at radius 3 is 2.50 bits per heavy atom. The number of carbonyl (C=O) groups excluding carboxylic acids is 1. The van der Waals surface area contributed by atoms with Gasteiger partial charge >= 0.3 is 0 Å². The molecule has 2 N–H and O–H groups in total. The molecule has 72 valence electrons. The first-order chi connectivity index (χ1) is 6.52. The number of fused-ring (bicyclic) bond motifs is 1. The maximum Gasteiger partial charge on any atom is 0.279 e. The zero-order chi connectivity index (χ0) is 10.5. The highest BCUT2D eigenvalue weighted by molar-refractivity contribution is 6.50. The molecule has 1 aliphatic heterocycles. The highest BCUT2D eigenvalue weighted by Crippen LogP contribution is 2.37. The predicted octanol–water partition coefficient (Wildman–Crippen LogP) is 2.51. The second kappa shape index (κ2) is 3.12. The summed E-state index contributed by atoms with van der Waals surface area (Å²) in [6, 6.07) is 1.41. The number of nitrogens with zero attached hydrogens (tertiary/aromatic N) is 1. The first kappa shape index (κ1) is 9.77. The fraction of sp³-hybridized carbons (Fsp3) is 0. The summed E-state index contributed by atoms with van der Waals surface area (Å²) < 4.78 is 0. The molecule has 1 aromatic rings. The Kier molecular flexibility index (Phi) is 2.18. The number of amides is 1. The predicted molar refractivity (Wildman–Crippen MR) is 56.5 cm³/mol. The monoisotopic (exact) mass is 248 g/mol. The van der Waals surface area contributed by atoms with E-state index in [9.17, 15) is 4.79 Å². The van der Waals surface area contributed by atoms with Crippen LogP contribution in [-0.2, 0) is 0 Å². The van der Waals surface area contributed by atoms with E-state index in [2.05, 4.69) is 4.99 Å². The molecule has 3 nitrogen and oxygen atoms in total. The minimum atomic E-state index is -0.446. The van der Waals surface area contributed by atoms with Crippen molar-refractivity contribution in [2.24, 2.45) is 10.7 Å². The Bertz CT molecular complexity index is 482. The van der Waals surface area contributed by atoms with E-state index in [4.69, 9.17) is 40.5 Å². The van der Waals surface area contributed by atoms with E-state index >= 15 is 0 Å². The van der Waals surface area contributed by atoms with Gasteiger partial charge in [-0.2, -0.15) is 4.99 Å². The molecule has 0 saturated carbocycles. The lowest BCUT2D eigenvalue weighted by molar-refractivity contribution is 0.101. The fourth-order valence-corrected chi connectivity index (χ4v) is 1.94. The van der Waals surface area contributed by atoms with Crippen LogP contribution in [0.2, 0.25) is 15.1 Å². The highest BCUT2D eigenvalue weighted by atomic mass is 35.5. The molecule has 0 unspecified atom stereocenters. The summed E-state index contributed by atoms with van der Waals surface area (Å²) in [5.41, 5.74) is 6.16. The van der Waals surface area contributed by atoms with Crippen LogP contribution in [0, 0.1) is 0 Å². The molecule has 1 aromatic carbocycles. The second-order valence-corrected chi connectivity index (χ2v) is 3.87. The van der Waals surface area contributed by atoms with Crippen molar-refractivity contribution in [2.75, 3.05) is 0 Å². The van der Waals surface area contributed by atoms with Crippen LogP contribution in [0.5, 0.6) is 0 Å². The Morgan fingerprint density at radius 1 is 1.21 bits per heavy atom. The molecule has 1 heterocycles. The third kappa shape index (κ3) is 1.21. The summed E-state index contributed by atoms with van der Waals surface area (Å²) in [6.07, 6.45) is 0. The number of carbonyl (C=O) groups is 1. The van der Waals surface area contributed by atoms with Crippen molar-refractivity contribution < 1.29 is 4.79 Å². The number of hydrogen-bond acceptors (Lipinski definition) is 2. The molecule has 0 bridgehead atoms. The molecule has 2 rings (SSSR count). The van der Waals surface area contributed by atoms with E-state index in [1.165, 1.54) is 6.07 Å². The topological polar surface area (TPSA) is 55.4 Å². The standard InChI is InChI=1S/C8H3Cl3N2O/c9-3-1-2-4(6(11)5(3)10)7(12)13-8(2)14/h1H,(H2,12,13,14). The van der Waals surface area contributed by atoms with Crippen molar-refractivity contribution in [3.05, 3.63) is 32.3 Å².